The standard InChI is InChI=1S/C22H34N4O4/c1-15(2)30-17-12-20(27)26(13-17)18(11-16-7-5-6-8-16)21(28)23-19-9-10-25(24-19)14-22(3,4)29/h9-10,12,15-16,18,29H,5-8,11,13-14H2,1-4H3,(H,23,24,28). The van der Waals surface area contributed by atoms with Gasteiger partial charge in [-0.2, -0.15) is 5.10 Å². The first-order valence-corrected chi connectivity index (χ1v) is 10.9. The van der Waals surface area contributed by atoms with E-state index in [1.165, 1.54) is 18.9 Å². The molecule has 0 radical (unpaired) electrons. The summed E-state index contributed by atoms with van der Waals surface area (Å²) >= 11 is 0. The molecule has 8 nitrogen and oxygen atoms in total. The van der Waals surface area contributed by atoms with E-state index in [-0.39, 0.29) is 17.9 Å². The third-order valence-corrected chi connectivity index (χ3v) is 5.43. The van der Waals surface area contributed by atoms with Crippen molar-refractivity contribution >= 4 is 17.6 Å². The first-order valence-electron chi connectivity index (χ1n) is 10.9. The van der Waals surface area contributed by atoms with E-state index >= 15 is 0 Å². The number of amides is 2. The summed E-state index contributed by atoms with van der Waals surface area (Å²) in [6, 6.07) is 1.14. The van der Waals surface area contributed by atoms with Gasteiger partial charge in [0.15, 0.2) is 5.82 Å². The van der Waals surface area contributed by atoms with E-state index in [0.29, 0.717) is 37.0 Å². The van der Waals surface area contributed by atoms with Crippen LogP contribution in [-0.4, -0.2) is 55.9 Å². The molecule has 0 saturated heterocycles. The minimum atomic E-state index is -0.904. The number of ether oxygens (including phenoxy) is 1. The molecular weight excluding hydrogens is 384 g/mol. The van der Waals surface area contributed by atoms with Crippen LogP contribution in [0.1, 0.15) is 59.8 Å². The molecule has 2 heterocycles. The second-order valence-corrected chi connectivity index (χ2v) is 9.35. The molecule has 3 rings (SSSR count). The molecule has 2 aliphatic rings. The van der Waals surface area contributed by atoms with Crippen LogP contribution in [0.25, 0.3) is 0 Å². The molecule has 2 amide bonds. The molecule has 166 valence electrons. The maximum atomic E-state index is 13.2. The lowest BCUT2D eigenvalue weighted by atomic mass is 9.96. The summed E-state index contributed by atoms with van der Waals surface area (Å²) in [6.45, 7) is 7.87. The number of hydrogen-bond donors (Lipinski definition) is 2. The summed E-state index contributed by atoms with van der Waals surface area (Å²) in [5.41, 5.74) is -0.904. The molecule has 1 aliphatic carbocycles. The van der Waals surface area contributed by atoms with Gasteiger partial charge in [0.05, 0.1) is 24.8 Å². The van der Waals surface area contributed by atoms with Crippen molar-refractivity contribution in [2.75, 3.05) is 11.9 Å². The van der Waals surface area contributed by atoms with Crippen LogP contribution in [-0.2, 0) is 20.9 Å². The Morgan fingerprint density at radius 2 is 2.07 bits per heavy atom. The highest BCUT2D eigenvalue weighted by Crippen LogP contribution is 2.31. The Bertz CT molecular complexity index is 787. The summed E-state index contributed by atoms with van der Waals surface area (Å²) in [5.74, 6) is 1.04. The fourth-order valence-corrected chi connectivity index (χ4v) is 4.21. The number of nitrogens with zero attached hydrogens (tertiary/aromatic N) is 3. The second-order valence-electron chi connectivity index (χ2n) is 9.35. The van der Waals surface area contributed by atoms with E-state index in [1.54, 1.807) is 35.7 Å². The van der Waals surface area contributed by atoms with Crippen LogP contribution in [0, 0.1) is 5.92 Å². The normalized spacial score (nSPS) is 18.8. The molecule has 1 aromatic rings. The van der Waals surface area contributed by atoms with Gasteiger partial charge in [-0.3, -0.25) is 14.3 Å². The molecule has 2 N–H and O–H groups in total. The number of anilines is 1. The maximum Gasteiger partial charge on any atom is 0.251 e. The molecule has 1 fully saturated rings. The molecule has 30 heavy (non-hydrogen) atoms. The molecule has 0 aromatic carbocycles. The third-order valence-electron chi connectivity index (χ3n) is 5.43. The molecule has 1 saturated carbocycles. The van der Waals surface area contributed by atoms with Gasteiger partial charge in [-0.05, 0) is 40.0 Å². The van der Waals surface area contributed by atoms with Crippen LogP contribution in [0.5, 0.6) is 0 Å². The molecule has 1 atom stereocenters. The predicted octanol–water partition coefficient (Wildman–Crippen LogP) is 2.69. The van der Waals surface area contributed by atoms with E-state index in [2.05, 4.69) is 10.4 Å². The van der Waals surface area contributed by atoms with E-state index in [1.807, 2.05) is 13.8 Å². The minimum Gasteiger partial charge on any atom is -0.493 e. The smallest absolute Gasteiger partial charge is 0.251 e. The van der Waals surface area contributed by atoms with Crippen molar-refractivity contribution in [3.05, 3.63) is 24.1 Å². The Morgan fingerprint density at radius 3 is 2.70 bits per heavy atom. The van der Waals surface area contributed by atoms with Crippen molar-refractivity contribution in [2.45, 2.75) is 84.1 Å². The van der Waals surface area contributed by atoms with Crippen LogP contribution in [0.4, 0.5) is 5.82 Å². The SMILES string of the molecule is CC(C)OC1=CC(=O)N(C(CC2CCCC2)C(=O)Nc2ccn(CC(C)(C)O)n2)C1. The monoisotopic (exact) mass is 418 g/mol. The first kappa shape index (κ1) is 22.3. The van der Waals surface area contributed by atoms with Gasteiger partial charge in [0.1, 0.15) is 11.8 Å². The van der Waals surface area contributed by atoms with Crippen LogP contribution in [0.15, 0.2) is 24.1 Å². The van der Waals surface area contributed by atoms with Crippen molar-refractivity contribution in [2.24, 2.45) is 5.92 Å². The third kappa shape index (κ3) is 6.08. The first-order chi connectivity index (χ1) is 14.1. The van der Waals surface area contributed by atoms with E-state index in [4.69, 9.17) is 4.74 Å². The Hall–Kier alpha value is -2.35. The number of nitrogens with one attached hydrogen (secondary N) is 1. The molecule has 0 spiro atoms. The van der Waals surface area contributed by atoms with Gasteiger partial charge >= 0.3 is 0 Å². The Balaban J connectivity index is 1.70. The summed E-state index contributed by atoms with van der Waals surface area (Å²) < 4.78 is 7.30. The number of hydrogen-bond acceptors (Lipinski definition) is 5. The number of aliphatic hydroxyl groups is 1. The second kappa shape index (κ2) is 9.20. The molecular formula is C22H34N4O4. The summed E-state index contributed by atoms with van der Waals surface area (Å²) in [7, 11) is 0. The quantitative estimate of drug-likeness (QED) is 0.643. The fourth-order valence-electron chi connectivity index (χ4n) is 4.21. The van der Waals surface area contributed by atoms with Crippen molar-refractivity contribution < 1.29 is 19.4 Å². The van der Waals surface area contributed by atoms with E-state index in [0.717, 1.165) is 12.8 Å². The maximum absolute atomic E-state index is 13.2. The number of rotatable bonds is 9. The number of carbonyl (C=O) groups is 2. The van der Waals surface area contributed by atoms with Crippen LogP contribution >= 0.6 is 0 Å². The van der Waals surface area contributed by atoms with Gasteiger partial charge < -0.3 is 20.1 Å². The Labute approximate surface area is 178 Å². The van der Waals surface area contributed by atoms with Gasteiger partial charge in [0.2, 0.25) is 5.91 Å². The molecule has 0 bridgehead atoms. The molecule has 1 aromatic heterocycles. The zero-order valence-electron chi connectivity index (χ0n) is 18.4. The van der Waals surface area contributed by atoms with E-state index < -0.39 is 11.6 Å². The van der Waals surface area contributed by atoms with E-state index in [9.17, 15) is 14.7 Å². The lowest BCUT2D eigenvalue weighted by Crippen LogP contribution is -2.46. The Morgan fingerprint density at radius 1 is 1.37 bits per heavy atom. The van der Waals surface area contributed by atoms with Crippen molar-refractivity contribution in [1.29, 1.82) is 0 Å². The van der Waals surface area contributed by atoms with Crippen molar-refractivity contribution in [3.8, 4) is 0 Å². The van der Waals surface area contributed by atoms with Gasteiger partial charge in [0, 0.05) is 18.3 Å². The van der Waals surface area contributed by atoms with Gasteiger partial charge in [-0.1, -0.05) is 25.7 Å². The largest absolute Gasteiger partial charge is 0.493 e. The van der Waals surface area contributed by atoms with Crippen molar-refractivity contribution in [3.63, 3.8) is 0 Å². The highest BCUT2D eigenvalue weighted by Gasteiger charge is 2.36. The Kier molecular flexibility index (Phi) is 6.85. The lowest BCUT2D eigenvalue weighted by molar-refractivity contribution is -0.134. The number of aromatic nitrogens is 2. The molecule has 1 aliphatic heterocycles. The lowest BCUT2D eigenvalue weighted by Gasteiger charge is -2.29. The average Bonchev–Trinajstić information content (AvgIpc) is 3.33. The molecule has 1 unspecified atom stereocenters. The van der Waals surface area contributed by atoms with Crippen LogP contribution < -0.4 is 5.32 Å². The van der Waals surface area contributed by atoms with Crippen LogP contribution in [0.2, 0.25) is 0 Å². The van der Waals surface area contributed by atoms with Gasteiger partial charge in [-0.15, -0.1) is 0 Å². The number of carbonyl (C=O) groups excluding carboxylic acids is 2. The molecule has 8 heteroatoms. The topological polar surface area (TPSA) is 96.7 Å². The predicted molar refractivity (Wildman–Crippen MR) is 114 cm³/mol. The zero-order valence-corrected chi connectivity index (χ0v) is 18.4. The van der Waals surface area contributed by atoms with Gasteiger partial charge in [-0.25, -0.2) is 0 Å². The fraction of sp³-hybridized carbons (Fsp3) is 0.682. The summed E-state index contributed by atoms with van der Waals surface area (Å²) in [4.78, 5) is 27.4. The van der Waals surface area contributed by atoms with Crippen molar-refractivity contribution in [1.82, 2.24) is 14.7 Å². The summed E-state index contributed by atoms with van der Waals surface area (Å²) in [5, 5.41) is 17.2. The highest BCUT2D eigenvalue weighted by molar-refractivity contribution is 5.99. The zero-order chi connectivity index (χ0) is 21.9. The van der Waals surface area contributed by atoms with Gasteiger partial charge in [0.25, 0.3) is 5.91 Å². The summed E-state index contributed by atoms with van der Waals surface area (Å²) in [6.07, 6.45) is 8.37. The highest BCUT2D eigenvalue weighted by atomic mass is 16.5. The minimum absolute atomic E-state index is 0.0224. The van der Waals surface area contributed by atoms with Crippen LogP contribution in [0.3, 0.4) is 0 Å². The average molecular weight is 419 g/mol.